The van der Waals surface area contributed by atoms with E-state index in [1.807, 2.05) is 12.1 Å². The monoisotopic (exact) mass is 257 g/mol. The first kappa shape index (κ1) is 15.9. The molecule has 0 aliphatic carbocycles. The van der Waals surface area contributed by atoms with E-state index in [2.05, 4.69) is 18.7 Å². The molecule has 96 valence electrons. The lowest BCUT2D eigenvalue weighted by Gasteiger charge is -2.17. The second kappa shape index (κ2) is 9.02. The number of nitrogens with zero attached hydrogens (tertiary/aromatic N) is 1. The SMILES string of the molecule is CCN(CC)CCOc1ccc(C=O)cc1.Cl. The van der Waals surface area contributed by atoms with Crippen LogP contribution in [-0.4, -0.2) is 37.4 Å². The maximum Gasteiger partial charge on any atom is 0.150 e. The van der Waals surface area contributed by atoms with Gasteiger partial charge in [-0.15, -0.1) is 12.4 Å². The quantitative estimate of drug-likeness (QED) is 0.704. The minimum absolute atomic E-state index is 0. The van der Waals surface area contributed by atoms with Gasteiger partial charge in [0.05, 0.1) is 0 Å². The molecule has 1 rings (SSSR count). The second-order valence-corrected chi connectivity index (χ2v) is 3.56. The molecule has 0 aliphatic rings. The van der Waals surface area contributed by atoms with Crippen LogP contribution in [0.15, 0.2) is 24.3 Å². The molecule has 0 spiro atoms. The Kier molecular flexibility index (Phi) is 8.46. The highest BCUT2D eigenvalue weighted by Gasteiger charge is 1.99. The van der Waals surface area contributed by atoms with Gasteiger partial charge in [0.25, 0.3) is 0 Å². The molecule has 0 aliphatic heterocycles. The zero-order chi connectivity index (χ0) is 11.8. The molecule has 17 heavy (non-hydrogen) atoms. The number of hydrogen-bond acceptors (Lipinski definition) is 3. The van der Waals surface area contributed by atoms with E-state index in [4.69, 9.17) is 4.74 Å². The summed E-state index contributed by atoms with van der Waals surface area (Å²) in [4.78, 5) is 12.8. The lowest BCUT2D eigenvalue weighted by atomic mass is 10.2. The Labute approximate surface area is 109 Å². The largest absolute Gasteiger partial charge is 0.492 e. The third kappa shape index (κ3) is 5.71. The van der Waals surface area contributed by atoms with Crippen LogP contribution < -0.4 is 4.74 Å². The molecule has 0 saturated heterocycles. The first-order chi connectivity index (χ1) is 7.80. The van der Waals surface area contributed by atoms with Crippen LogP contribution in [0.5, 0.6) is 5.75 Å². The van der Waals surface area contributed by atoms with Crippen molar-refractivity contribution in [3.63, 3.8) is 0 Å². The molecule has 0 atom stereocenters. The van der Waals surface area contributed by atoms with Gasteiger partial charge >= 0.3 is 0 Å². The zero-order valence-electron chi connectivity index (χ0n) is 10.4. The van der Waals surface area contributed by atoms with E-state index in [-0.39, 0.29) is 12.4 Å². The van der Waals surface area contributed by atoms with Crippen LogP contribution in [0, 0.1) is 0 Å². The van der Waals surface area contributed by atoms with E-state index in [1.54, 1.807) is 12.1 Å². The minimum Gasteiger partial charge on any atom is -0.492 e. The van der Waals surface area contributed by atoms with E-state index >= 15 is 0 Å². The summed E-state index contributed by atoms with van der Waals surface area (Å²) in [6.07, 6.45) is 0.833. The predicted octanol–water partition coefficient (Wildman–Crippen LogP) is 2.64. The number of halogens is 1. The average molecular weight is 258 g/mol. The van der Waals surface area contributed by atoms with Gasteiger partial charge in [0, 0.05) is 12.1 Å². The predicted molar refractivity (Wildman–Crippen MR) is 72.4 cm³/mol. The number of aldehydes is 1. The summed E-state index contributed by atoms with van der Waals surface area (Å²) in [7, 11) is 0. The number of rotatable bonds is 7. The van der Waals surface area contributed by atoms with Crippen molar-refractivity contribution >= 4 is 18.7 Å². The van der Waals surface area contributed by atoms with E-state index < -0.39 is 0 Å². The molecule has 4 heteroatoms. The van der Waals surface area contributed by atoms with E-state index in [9.17, 15) is 4.79 Å². The Balaban J connectivity index is 0.00000256. The number of benzene rings is 1. The molecule has 0 bridgehead atoms. The average Bonchev–Trinajstić information content (AvgIpc) is 2.35. The van der Waals surface area contributed by atoms with E-state index in [0.717, 1.165) is 31.7 Å². The van der Waals surface area contributed by atoms with Crippen molar-refractivity contribution in [3.05, 3.63) is 29.8 Å². The maximum atomic E-state index is 10.5. The van der Waals surface area contributed by atoms with Crippen molar-refractivity contribution in [3.8, 4) is 5.75 Å². The number of ether oxygens (including phenoxy) is 1. The molecule has 0 unspecified atom stereocenters. The Bertz CT molecular complexity index is 310. The van der Waals surface area contributed by atoms with Gasteiger partial charge in [0.1, 0.15) is 18.6 Å². The van der Waals surface area contributed by atoms with Crippen LogP contribution in [0.3, 0.4) is 0 Å². The molecule has 0 saturated carbocycles. The molecule has 0 fully saturated rings. The Morgan fingerprint density at radius 1 is 1.18 bits per heavy atom. The van der Waals surface area contributed by atoms with Crippen molar-refractivity contribution in [1.29, 1.82) is 0 Å². The standard InChI is InChI=1S/C13H19NO2.ClH/c1-3-14(4-2)9-10-16-13-7-5-12(11-15)6-8-13;/h5-8,11H,3-4,9-10H2,1-2H3;1H. The fourth-order valence-corrected chi connectivity index (χ4v) is 1.48. The number of likely N-dealkylation sites (N-methyl/N-ethyl adjacent to an activating group) is 1. The van der Waals surface area contributed by atoms with Crippen molar-refractivity contribution < 1.29 is 9.53 Å². The number of carbonyl (C=O) groups is 1. The third-order valence-corrected chi connectivity index (χ3v) is 2.59. The highest BCUT2D eigenvalue weighted by Crippen LogP contribution is 2.10. The summed E-state index contributed by atoms with van der Waals surface area (Å²) < 4.78 is 5.58. The normalized spacial score (nSPS) is 9.82. The van der Waals surface area contributed by atoms with Gasteiger partial charge in [-0.25, -0.2) is 0 Å². The Morgan fingerprint density at radius 2 is 1.76 bits per heavy atom. The lowest BCUT2D eigenvalue weighted by molar-refractivity contribution is 0.112. The van der Waals surface area contributed by atoms with Crippen LogP contribution in [0.25, 0.3) is 0 Å². The number of carbonyl (C=O) groups excluding carboxylic acids is 1. The highest BCUT2D eigenvalue weighted by atomic mass is 35.5. The molecule has 1 aromatic rings. The first-order valence-electron chi connectivity index (χ1n) is 5.70. The fraction of sp³-hybridized carbons (Fsp3) is 0.462. The topological polar surface area (TPSA) is 29.5 Å². The molecule has 0 heterocycles. The van der Waals surface area contributed by atoms with Crippen LogP contribution in [0.2, 0.25) is 0 Å². The molecule has 0 radical (unpaired) electrons. The van der Waals surface area contributed by atoms with Crippen molar-refractivity contribution in [2.75, 3.05) is 26.2 Å². The smallest absolute Gasteiger partial charge is 0.150 e. The second-order valence-electron chi connectivity index (χ2n) is 3.56. The maximum absolute atomic E-state index is 10.5. The summed E-state index contributed by atoms with van der Waals surface area (Å²) >= 11 is 0. The number of hydrogen-bond donors (Lipinski definition) is 0. The van der Waals surface area contributed by atoms with Crippen LogP contribution in [-0.2, 0) is 0 Å². The highest BCUT2D eigenvalue weighted by molar-refractivity contribution is 5.85. The lowest BCUT2D eigenvalue weighted by Crippen LogP contribution is -2.27. The molecule has 3 nitrogen and oxygen atoms in total. The van der Waals surface area contributed by atoms with Crippen molar-refractivity contribution in [2.24, 2.45) is 0 Å². The van der Waals surface area contributed by atoms with Crippen LogP contribution >= 0.6 is 12.4 Å². The Hall–Kier alpha value is -1.06. The summed E-state index contributed by atoms with van der Waals surface area (Å²) in [5.41, 5.74) is 0.677. The molecular weight excluding hydrogens is 238 g/mol. The van der Waals surface area contributed by atoms with Crippen LogP contribution in [0.1, 0.15) is 24.2 Å². The van der Waals surface area contributed by atoms with Crippen molar-refractivity contribution in [2.45, 2.75) is 13.8 Å². The molecule has 0 amide bonds. The van der Waals surface area contributed by atoms with Gasteiger partial charge < -0.3 is 9.64 Å². The molecule has 0 N–H and O–H groups in total. The van der Waals surface area contributed by atoms with Gasteiger partial charge in [0.15, 0.2) is 0 Å². The first-order valence-corrected chi connectivity index (χ1v) is 5.70. The zero-order valence-corrected chi connectivity index (χ0v) is 11.2. The van der Waals surface area contributed by atoms with E-state index in [0.29, 0.717) is 12.2 Å². The van der Waals surface area contributed by atoms with Gasteiger partial charge in [-0.1, -0.05) is 13.8 Å². The summed E-state index contributed by atoms with van der Waals surface area (Å²) in [6.45, 7) is 7.99. The van der Waals surface area contributed by atoms with Crippen LogP contribution in [0.4, 0.5) is 0 Å². The summed E-state index contributed by atoms with van der Waals surface area (Å²) in [5.74, 6) is 0.817. The molecule has 1 aromatic carbocycles. The molecular formula is C13H20ClNO2. The van der Waals surface area contributed by atoms with Crippen molar-refractivity contribution in [1.82, 2.24) is 4.90 Å². The Morgan fingerprint density at radius 3 is 2.24 bits per heavy atom. The summed E-state index contributed by atoms with van der Waals surface area (Å²) in [6, 6.07) is 7.18. The molecule has 0 aromatic heterocycles. The van der Waals surface area contributed by atoms with Gasteiger partial charge in [-0.2, -0.15) is 0 Å². The van der Waals surface area contributed by atoms with E-state index in [1.165, 1.54) is 0 Å². The minimum atomic E-state index is 0. The third-order valence-electron chi connectivity index (χ3n) is 2.59. The van der Waals surface area contributed by atoms with Gasteiger partial charge in [0.2, 0.25) is 0 Å². The van der Waals surface area contributed by atoms with Gasteiger partial charge in [-0.05, 0) is 37.4 Å². The summed E-state index contributed by atoms with van der Waals surface area (Å²) in [5, 5.41) is 0. The fourth-order valence-electron chi connectivity index (χ4n) is 1.48. The van der Waals surface area contributed by atoms with Gasteiger partial charge in [-0.3, -0.25) is 4.79 Å².